The zero-order valence-electron chi connectivity index (χ0n) is 8.50. The first-order valence-electron chi connectivity index (χ1n) is 5.47. The Morgan fingerprint density at radius 3 is 3.20 bits per heavy atom. The first-order chi connectivity index (χ1) is 7.34. The Kier molecular flexibility index (Phi) is 2.13. The molecule has 2 aliphatic heterocycles. The fraction of sp³-hybridized carbons (Fsp3) is 0.500. The van der Waals surface area contributed by atoms with E-state index in [1.165, 1.54) is 6.07 Å². The summed E-state index contributed by atoms with van der Waals surface area (Å²) in [5.41, 5.74) is 1.04. The molecule has 0 radical (unpaired) electrons. The van der Waals surface area contributed by atoms with Crippen molar-refractivity contribution in [3.05, 3.63) is 29.6 Å². The van der Waals surface area contributed by atoms with Crippen LogP contribution in [0.15, 0.2) is 18.2 Å². The normalized spacial score (nSPS) is 28.9. The molecule has 0 amide bonds. The van der Waals surface area contributed by atoms with Gasteiger partial charge in [-0.2, -0.15) is 0 Å². The predicted octanol–water partition coefficient (Wildman–Crippen LogP) is 1.91. The number of rotatable bonds is 0. The molecule has 3 heteroatoms. The zero-order valence-corrected chi connectivity index (χ0v) is 8.50. The highest BCUT2D eigenvalue weighted by Gasteiger charge is 2.32. The highest BCUT2D eigenvalue weighted by Crippen LogP contribution is 2.38. The molecule has 0 spiro atoms. The smallest absolute Gasteiger partial charge is 0.123 e. The molecule has 1 saturated heterocycles. The zero-order chi connectivity index (χ0) is 10.3. The van der Waals surface area contributed by atoms with Crippen LogP contribution in [0.5, 0.6) is 5.75 Å². The van der Waals surface area contributed by atoms with Crippen molar-refractivity contribution in [2.45, 2.75) is 12.3 Å². The van der Waals surface area contributed by atoms with E-state index in [9.17, 15) is 4.39 Å². The van der Waals surface area contributed by atoms with Crippen molar-refractivity contribution in [1.82, 2.24) is 5.32 Å². The summed E-state index contributed by atoms with van der Waals surface area (Å²) in [6.07, 6.45) is 1.06. The molecule has 2 unspecified atom stereocenters. The second-order valence-corrected chi connectivity index (χ2v) is 4.34. The fourth-order valence-electron chi connectivity index (χ4n) is 2.66. The van der Waals surface area contributed by atoms with Gasteiger partial charge in [-0.1, -0.05) is 0 Å². The van der Waals surface area contributed by atoms with Crippen LogP contribution in [-0.2, 0) is 0 Å². The molecule has 3 rings (SSSR count). The molecule has 0 saturated carbocycles. The van der Waals surface area contributed by atoms with Crippen molar-refractivity contribution in [2.75, 3.05) is 19.7 Å². The molecule has 2 aliphatic rings. The van der Waals surface area contributed by atoms with Gasteiger partial charge in [0, 0.05) is 18.0 Å². The third-order valence-electron chi connectivity index (χ3n) is 3.46. The van der Waals surface area contributed by atoms with Gasteiger partial charge in [-0.25, -0.2) is 4.39 Å². The van der Waals surface area contributed by atoms with Crippen molar-refractivity contribution in [3.63, 3.8) is 0 Å². The summed E-state index contributed by atoms with van der Waals surface area (Å²) in [5, 5.41) is 3.37. The van der Waals surface area contributed by atoms with Gasteiger partial charge in [-0.15, -0.1) is 0 Å². The Morgan fingerprint density at radius 2 is 2.27 bits per heavy atom. The highest BCUT2D eigenvalue weighted by atomic mass is 19.1. The minimum absolute atomic E-state index is 0.162. The van der Waals surface area contributed by atoms with Gasteiger partial charge < -0.3 is 10.1 Å². The molecule has 1 aromatic carbocycles. The number of ether oxygens (including phenoxy) is 1. The van der Waals surface area contributed by atoms with Crippen LogP contribution in [0.3, 0.4) is 0 Å². The number of halogens is 1. The van der Waals surface area contributed by atoms with Crippen LogP contribution in [-0.4, -0.2) is 19.7 Å². The summed E-state index contributed by atoms with van der Waals surface area (Å²) < 4.78 is 18.9. The quantitative estimate of drug-likeness (QED) is 0.701. The van der Waals surface area contributed by atoms with E-state index in [-0.39, 0.29) is 5.82 Å². The minimum atomic E-state index is -0.162. The molecule has 1 aromatic rings. The third-order valence-corrected chi connectivity index (χ3v) is 3.46. The molecule has 1 fully saturated rings. The van der Waals surface area contributed by atoms with Gasteiger partial charge in [0.2, 0.25) is 0 Å². The van der Waals surface area contributed by atoms with E-state index in [0.717, 1.165) is 37.4 Å². The summed E-state index contributed by atoms with van der Waals surface area (Å²) >= 11 is 0. The lowest BCUT2D eigenvalue weighted by Crippen LogP contribution is -2.11. The fourth-order valence-corrected chi connectivity index (χ4v) is 2.66. The maximum absolute atomic E-state index is 13.2. The average Bonchev–Trinajstić information content (AvgIpc) is 2.62. The number of benzene rings is 1. The second kappa shape index (κ2) is 3.49. The first-order valence-corrected chi connectivity index (χ1v) is 5.47. The summed E-state index contributed by atoms with van der Waals surface area (Å²) in [7, 11) is 0. The van der Waals surface area contributed by atoms with Gasteiger partial charge in [-0.3, -0.25) is 0 Å². The van der Waals surface area contributed by atoms with Crippen LogP contribution >= 0.6 is 0 Å². The Hall–Kier alpha value is -1.09. The molecular formula is C12H14FNO. The molecular weight excluding hydrogens is 193 g/mol. The van der Waals surface area contributed by atoms with Crippen molar-refractivity contribution in [1.29, 1.82) is 0 Å². The third kappa shape index (κ3) is 1.51. The van der Waals surface area contributed by atoms with Crippen LogP contribution in [0.1, 0.15) is 17.9 Å². The van der Waals surface area contributed by atoms with E-state index in [1.54, 1.807) is 12.1 Å². The maximum Gasteiger partial charge on any atom is 0.123 e. The molecule has 15 heavy (non-hydrogen) atoms. The van der Waals surface area contributed by atoms with E-state index in [1.807, 2.05) is 0 Å². The van der Waals surface area contributed by atoms with E-state index < -0.39 is 0 Å². The van der Waals surface area contributed by atoms with Crippen molar-refractivity contribution in [3.8, 4) is 5.75 Å². The summed E-state index contributed by atoms with van der Waals surface area (Å²) in [4.78, 5) is 0. The maximum atomic E-state index is 13.2. The van der Waals surface area contributed by atoms with Crippen LogP contribution in [0, 0.1) is 11.7 Å². The lowest BCUT2D eigenvalue weighted by atomic mass is 9.87. The van der Waals surface area contributed by atoms with Crippen molar-refractivity contribution >= 4 is 0 Å². The van der Waals surface area contributed by atoms with Gasteiger partial charge in [-0.05, 0) is 37.1 Å². The number of fused-ring (bicyclic) bond motifs is 3. The summed E-state index contributed by atoms with van der Waals surface area (Å²) in [5.74, 6) is 1.74. The van der Waals surface area contributed by atoms with E-state index in [0.29, 0.717) is 11.8 Å². The Balaban J connectivity index is 2.06. The topological polar surface area (TPSA) is 21.3 Å². The molecule has 80 valence electrons. The van der Waals surface area contributed by atoms with Gasteiger partial charge in [0.1, 0.15) is 11.6 Å². The predicted molar refractivity (Wildman–Crippen MR) is 55.6 cm³/mol. The molecule has 0 aromatic heterocycles. The Morgan fingerprint density at radius 1 is 1.33 bits per heavy atom. The van der Waals surface area contributed by atoms with E-state index in [2.05, 4.69) is 5.32 Å². The van der Waals surface area contributed by atoms with Gasteiger partial charge in [0.05, 0.1) is 6.61 Å². The molecule has 0 bridgehead atoms. The second-order valence-electron chi connectivity index (χ2n) is 4.34. The van der Waals surface area contributed by atoms with Gasteiger partial charge >= 0.3 is 0 Å². The van der Waals surface area contributed by atoms with Crippen LogP contribution in [0.25, 0.3) is 0 Å². The number of nitrogens with one attached hydrogen (secondary N) is 1. The molecule has 2 heterocycles. The number of hydrogen-bond donors (Lipinski definition) is 1. The SMILES string of the molecule is Fc1ccc2c(c1)C1CNCC1CCO2. The standard InChI is InChI=1S/C12H14FNO/c13-9-1-2-12-10(5-9)11-7-14-6-8(11)3-4-15-12/h1-2,5,8,11,14H,3-4,6-7H2. The molecule has 2 atom stereocenters. The van der Waals surface area contributed by atoms with Crippen LogP contribution < -0.4 is 10.1 Å². The average molecular weight is 207 g/mol. The van der Waals surface area contributed by atoms with Gasteiger partial charge in [0.25, 0.3) is 0 Å². The monoisotopic (exact) mass is 207 g/mol. The summed E-state index contributed by atoms with van der Waals surface area (Å²) in [6, 6.07) is 4.86. The Labute approximate surface area is 88.4 Å². The Bertz CT molecular complexity index is 380. The van der Waals surface area contributed by atoms with E-state index >= 15 is 0 Å². The van der Waals surface area contributed by atoms with Crippen molar-refractivity contribution < 1.29 is 9.13 Å². The lowest BCUT2D eigenvalue weighted by Gasteiger charge is -2.15. The largest absolute Gasteiger partial charge is 0.493 e. The van der Waals surface area contributed by atoms with Crippen LogP contribution in [0.2, 0.25) is 0 Å². The van der Waals surface area contributed by atoms with Gasteiger partial charge in [0.15, 0.2) is 0 Å². The number of hydrogen-bond acceptors (Lipinski definition) is 2. The lowest BCUT2D eigenvalue weighted by molar-refractivity contribution is 0.296. The summed E-state index contributed by atoms with van der Waals surface area (Å²) in [6.45, 7) is 2.73. The van der Waals surface area contributed by atoms with E-state index in [4.69, 9.17) is 4.74 Å². The molecule has 0 aliphatic carbocycles. The first kappa shape index (κ1) is 9.16. The molecule has 2 nitrogen and oxygen atoms in total. The van der Waals surface area contributed by atoms with Crippen molar-refractivity contribution in [2.24, 2.45) is 5.92 Å². The molecule has 1 N–H and O–H groups in total. The van der Waals surface area contributed by atoms with Crippen LogP contribution in [0.4, 0.5) is 4.39 Å². The minimum Gasteiger partial charge on any atom is -0.493 e. The highest BCUT2D eigenvalue weighted by molar-refractivity contribution is 5.39.